The van der Waals surface area contributed by atoms with Crippen LogP contribution in [-0.2, 0) is 6.42 Å². The molecule has 6 aromatic rings. The molecule has 2 N–H and O–H groups in total. The molecule has 0 aromatic carbocycles. The summed E-state index contributed by atoms with van der Waals surface area (Å²) >= 11 is 1.07. The molecule has 0 unspecified atom stereocenters. The van der Waals surface area contributed by atoms with Gasteiger partial charge in [0.1, 0.15) is 11.0 Å². The zero-order chi connectivity index (χ0) is 21.7. The van der Waals surface area contributed by atoms with E-state index in [0.717, 1.165) is 56.1 Å². The monoisotopic (exact) mass is 441 g/mol. The van der Waals surface area contributed by atoms with Crippen LogP contribution in [0.1, 0.15) is 12.5 Å². The molecule has 0 aliphatic carbocycles. The van der Waals surface area contributed by atoms with E-state index in [-0.39, 0.29) is 5.13 Å². The van der Waals surface area contributed by atoms with E-state index in [0.29, 0.717) is 22.6 Å². The average Bonchev–Trinajstić information content (AvgIpc) is 3.55. The fourth-order valence-electron chi connectivity index (χ4n) is 3.73. The first-order chi connectivity index (χ1) is 15.7. The molecule has 0 saturated carbocycles. The van der Waals surface area contributed by atoms with Crippen molar-refractivity contribution in [3.05, 3.63) is 65.8 Å². The maximum Gasteiger partial charge on any atom is 0.176 e. The number of imidazole rings is 1. The Morgan fingerprint density at radius 3 is 2.69 bits per heavy atom. The fourth-order valence-corrected chi connectivity index (χ4v) is 4.47. The van der Waals surface area contributed by atoms with Crippen LogP contribution < -0.4 is 0 Å². The second-order valence-corrected chi connectivity index (χ2v) is 8.41. The molecule has 6 heterocycles. The van der Waals surface area contributed by atoms with E-state index >= 15 is 0 Å². The number of nitrogens with zero attached hydrogens (tertiary/aromatic N) is 5. The smallest absolute Gasteiger partial charge is 0.176 e. The fraction of sp³-hybridized carbons (Fsp3) is 0.0870. The van der Waals surface area contributed by atoms with E-state index in [1.165, 1.54) is 6.07 Å². The summed E-state index contributed by atoms with van der Waals surface area (Å²) in [5.41, 5.74) is 7.28. The Kier molecular flexibility index (Phi) is 4.29. The van der Waals surface area contributed by atoms with Gasteiger partial charge < -0.3 is 4.98 Å². The minimum absolute atomic E-state index is 0.246. The Morgan fingerprint density at radius 1 is 0.938 bits per heavy atom. The first kappa shape index (κ1) is 18.8. The number of pyridine rings is 3. The predicted octanol–water partition coefficient (Wildman–Crippen LogP) is 5.39. The number of hydrogen-bond acceptors (Lipinski definition) is 6. The molecule has 6 rings (SSSR count). The molecule has 32 heavy (non-hydrogen) atoms. The second-order valence-electron chi connectivity index (χ2n) is 7.37. The highest BCUT2D eigenvalue weighted by atomic mass is 32.1. The molecular formula is C23H16FN7S. The summed E-state index contributed by atoms with van der Waals surface area (Å²) in [5, 5.41) is 7.25. The number of aryl methyl sites for hydroxylation is 1. The molecule has 0 spiro atoms. The Labute approximate surface area is 185 Å². The summed E-state index contributed by atoms with van der Waals surface area (Å²) in [4.78, 5) is 22.3. The maximum absolute atomic E-state index is 13.6. The lowest BCUT2D eigenvalue weighted by atomic mass is 10.1. The number of halogens is 1. The Morgan fingerprint density at radius 2 is 1.84 bits per heavy atom. The van der Waals surface area contributed by atoms with Crippen molar-refractivity contribution in [3.8, 4) is 33.2 Å². The van der Waals surface area contributed by atoms with E-state index in [2.05, 4.69) is 38.1 Å². The van der Waals surface area contributed by atoms with Gasteiger partial charge in [-0.3, -0.25) is 15.1 Å². The summed E-state index contributed by atoms with van der Waals surface area (Å²) in [6.07, 6.45) is 7.99. The molecular weight excluding hydrogens is 425 g/mol. The maximum atomic E-state index is 13.6. The van der Waals surface area contributed by atoms with E-state index in [1.807, 2.05) is 24.5 Å². The molecule has 0 amide bonds. The lowest BCUT2D eigenvalue weighted by molar-refractivity contribution is 0.657. The number of thiophene rings is 1. The van der Waals surface area contributed by atoms with Gasteiger partial charge in [-0.2, -0.15) is 9.49 Å². The van der Waals surface area contributed by atoms with Gasteiger partial charge in [0.2, 0.25) is 0 Å². The largest absolute Gasteiger partial charge is 0.335 e. The molecule has 7 nitrogen and oxygen atoms in total. The molecule has 9 heteroatoms. The average molecular weight is 441 g/mol. The van der Waals surface area contributed by atoms with Gasteiger partial charge in [0.15, 0.2) is 16.6 Å². The van der Waals surface area contributed by atoms with Gasteiger partial charge in [-0.25, -0.2) is 9.97 Å². The number of hydrogen-bond donors (Lipinski definition) is 2. The van der Waals surface area contributed by atoms with Crippen molar-refractivity contribution in [2.45, 2.75) is 13.3 Å². The van der Waals surface area contributed by atoms with Crippen LogP contribution in [0.15, 0.2) is 55.1 Å². The first-order valence-corrected chi connectivity index (χ1v) is 10.9. The van der Waals surface area contributed by atoms with Gasteiger partial charge in [0.05, 0.1) is 22.9 Å². The van der Waals surface area contributed by atoms with Crippen LogP contribution in [-0.4, -0.2) is 35.1 Å². The predicted molar refractivity (Wildman–Crippen MR) is 123 cm³/mol. The number of fused-ring (bicyclic) bond motifs is 2. The van der Waals surface area contributed by atoms with Crippen LogP contribution in [0.25, 0.3) is 55.3 Å². The highest BCUT2D eigenvalue weighted by Crippen LogP contribution is 2.34. The molecule has 0 aliphatic heterocycles. The van der Waals surface area contributed by atoms with Crippen molar-refractivity contribution in [2.24, 2.45) is 0 Å². The minimum Gasteiger partial charge on any atom is -0.335 e. The van der Waals surface area contributed by atoms with Crippen LogP contribution in [0.2, 0.25) is 0 Å². The zero-order valence-electron chi connectivity index (χ0n) is 16.9. The van der Waals surface area contributed by atoms with Crippen molar-refractivity contribution in [1.82, 2.24) is 35.1 Å². The molecule has 0 atom stereocenters. The van der Waals surface area contributed by atoms with E-state index < -0.39 is 0 Å². The quantitative estimate of drug-likeness (QED) is 0.382. The van der Waals surface area contributed by atoms with Gasteiger partial charge in [0.25, 0.3) is 0 Å². The van der Waals surface area contributed by atoms with Crippen molar-refractivity contribution in [1.29, 1.82) is 0 Å². The lowest BCUT2D eigenvalue weighted by Crippen LogP contribution is -1.90. The van der Waals surface area contributed by atoms with Gasteiger partial charge in [-0.05, 0) is 42.3 Å². The minimum atomic E-state index is -0.246. The molecule has 0 aliphatic rings. The van der Waals surface area contributed by atoms with E-state index in [9.17, 15) is 4.39 Å². The summed E-state index contributed by atoms with van der Waals surface area (Å²) in [5.74, 6) is 0.572. The van der Waals surface area contributed by atoms with Crippen molar-refractivity contribution < 1.29 is 4.39 Å². The third kappa shape index (κ3) is 3.05. The molecule has 0 bridgehead atoms. The number of rotatable bonds is 4. The van der Waals surface area contributed by atoms with Crippen molar-refractivity contribution in [3.63, 3.8) is 0 Å². The van der Waals surface area contributed by atoms with Crippen molar-refractivity contribution >= 4 is 33.4 Å². The van der Waals surface area contributed by atoms with Gasteiger partial charge >= 0.3 is 0 Å². The summed E-state index contributed by atoms with van der Waals surface area (Å²) < 4.78 is 13.6. The van der Waals surface area contributed by atoms with Crippen molar-refractivity contribution in [2.75, 3.05) is 0 Å². The number of aromatic amines is 2. The Balaban J connectivity index is 1.49. The zero-order valence-corrected chi connectivity index (χ0v) is 17.7. The summed E-state index contributed by atoms with van der Waals surface area (Å²) in [7, 11) is 0. The lowest BCUT2D eigenvalue weighted by Gasteiger charge is -2.03. The molecule has 0 radical (unpaired) electrons. The number of nitrogens with one attached hydrogen (secondary N) is 2. The van der Waals surface area contributed by atoms with Gasteiger partial charge in [-0.1, -0.05) is 6.92 Å². The first-order valence-electron chi connectivity index (χ1n) is 10.1. The normalized spacial score (nSPS) is 11.6. The molecule has 6 aromatic heterocycles. The number of H-pyrrole nitrogens is 2. The van der Waals surface area contributed by atoms with Crippen LogP contribution in [0.4, 0.5) is 4.39 Å². The highest BCUT2D eigenvalue weighted by Gasteiger charge is 2.18. The third-order valence-corrected chi connectivity index (χ3v) is 6.27. The Bertz CT molecular complexity index is 1600. The summed E-state index contributed by atoms with van der Waals surface area (Å²) in [6, 6.07) is 9.19. The second kappa shape index (κ2) is 7.31. The Hall–Kier alpha value is -3.98. The summed E-state index contributed by atoms with van der Waals surface area (Å²) in [6.45, 7) is 2.10. The van der Waals surface area contributed by atoms with Gasteiger partial charge in [-0.15, -0.1) is 11.3 Å². The topological polar surface area (TPSA) is 96.0 Å². The van der Waals surface area contributed by atoms with E-state index in [4.69, 9.17) is 9.97 Å². The third-order valence-electron chi connectivity index (χ3n) is 5.36. The molecule has 0 fully saturated rings. The van der Waals surface area contributed by atoms with Gasteiger partial charge in [0, 0.05) is 34.6 Å². The van der Waals surface area contributed by atoms with Crippen LogP contribution in [0.5, 0.6) is 0 Å². The van der Waals surface area contributed by atoms with Crippen LogP contribution >= 0.6 is 11.3 Å². The van der Waals surface area contributed by atoms with Crippen LogP contribution in [0.3, 0.4) is 0 Å². The number of aromatic nitrogens is 7. The van der Waals surface area contributed by atoms with E-state index in [1.54, 1.807) is 18.5 Å². The molecule has 0 saturated heterocycles. The highest BCUT2D eigenvalue weighted by molar-refractivity contribution is 7.14. The SMILES string of the molecule is CCc1cncc(-c2ccc3[nH]nc(-c4nc5c(-c6ccc(F)s6)cncc5[nH]4)c3n2)c1. The standard InChI is InChI=1S/C23H16FN7S/c1-2-12-7-13(9-25-8-12)15-3-4-16-21(27-15)22(31-30-16)23-28-17-11-26-10-14(20(17)29-23)18-5-6-19(24)32-18/h3-11H,2H2,1H3,(H,28,29)(H,30,31). The van der Waals surface area contributed by atoms with Crippen LogP contribution in [0, 0.1) is 5.13 Å². The molecule has 156 valence electrons.